The molecular weight excluding hydrogens is 452 g/mol. The maximum Gasteiger partial charge on any atom is 0.206 e. The molecular formula is C27H20O6S. The van der Waals surface area contributed by atoms with E-state index in [0.717, 1.165) is 6.29 Å². The summed E-state index contributed by atoms with van der Waals surface area (Å²) in [6.07, 6.45) is 0.745. The second-order valence-electron chi connectivity index (χ2n) is 7.42. The van der Waals surface area contributed by atoms with Crippen LogP contribution in [0.15, 0.2) is 107 Å². The van der Waals surface area contributed by atoms with Crippen LogP contribution in [0, 0.1) is 0 Å². The van der Waals surface area contributed by atoms with Gasteiger partial charge in [0, 0.05) is 11.1 Å². The molecule has 0 bridgehead atoms. The van der Waals surface area contributed by atoms with Crippen LogP contribution in [0.3, 0.4) is 0 Å². The molecule has 0 fully saturated rings. The molecule has 34 heavy (non-hydrogen) atoms. The zero-order valence-corrected chi connectivity index (χ0v) is 19.0. The summed E-state index contributed by atoms with van der Waals surface area (Å²) >= 11 is 0. The molecule has 6 nitrogen and oxygen atoms in total. The largest absolute Gasteiger partial charge is 0.457 e. The van der Waals surface area contributed by atoms with Crippen LogP contribution in [-0.2, 0) is 9.84 Å². The highest BCUT2D eigenvalue weighted by molar-refractivity contribution is 7.91. The third kappa shape index (κ3) is 5.22. The van der Waals surface area contributed by atoms with Crippen molar-refractivity contribution >= 4 is 21.9 Å². The number of Topliss-reactive ketones (excluding diaryl/α,β-unsaturated/α-hetero) is 1. The predicted molar refractivity (Wildman–Crippen MR) is 127 cm³/mol. The molecule has 7 heteroatoms. The van der Waals surface area contributed by atoms with E-state index in [-0.39, 0.29) is 15.6 Å². The van der Waals surface area contributed by atoms with Crippen molar-refractivity contribution in [3.8, 4) is 23.0 Å². The number of carbonyl (C=O) groups excluding carboxylic acids is 2. The number of hydrogen-bond acceptors (Lipinski definition) is 6. The Morgan fingerprint density at radius 3 is 1.32 bits per heavy atom. The van der Waals surface area contributed by atoms with Gasteiger partial charge in [0.1, 0.15) is 29.3 Å². The lowest BCUT2D eigenvalue weighted by atomic mass is 10.1. The molecule has 4 aromatic carbocycles. The Labute approximate surface area is 197 Å². The van der Waals surface area contributed by atoms with Crippen LogP contribution in [0.2, 0.25) is 0 Å². The van der Waals surface area contributed by atoms with Gasteiger partial charge in [-0.25, -0.2) is 8.42 Å². The molecule has 0 spiro atoms. The number of benzene rings is 4. The highest BCUT2D eigenvalue weighted by atomic mass is 32.2. The van der Waals surface area contributed by atoms with E-state index < -0.39 is 9.84 Å². The molecule has 170 valence electrons. The monoisotopic (exact) mass is 472 g/mol. The fourth-order valence-electron chi connectivity index (χ4n) is 3.15. The number of ether oxygens (including phenoxy) is 2. The summed E-state index contributed by atoms with van der Waals surface area (Å²) in [7, 11) is -3.73. The fourth-order valence-corrected chi connectivity index (χ4v) is 4.41. The van der Waals surface area contributed by atoms with Gasteiger partial charge < -0.3 is 9.47 Å². The minimum Gasteiger partial charge on any atom is -0.457 e. The average Bonchev–Trinajstić information content (AvgIpc) is 2.85. The second-order valence-corrected chi connectivity index (χ2v) is 9.37. The molecule has 0 heterocycles. The van der Waals surface area contributed by atoms with E-state index in [1.54, 1.807) is 72.8 Å². The fraction of sp³-hybridized carbons (Fsp3) is 0.0370. The molecule has 4 aromatic rings. The lowest BCUT2D eigenvalue weighted by molar-refractivity contribution is 0.101. The molecule has 0 saturated carbocycles. The smallest absolute Gasteiger partial charge is 0.206 e. The Morgan fingerprint density at radius 1 is 0.618 bits per heavy atom. The van der Waals surface area contributed by atoms with Gasteiger partial charge in [0.2, 0.25) is 9.84 Å². The number of aldehydes is 1. The first-order valence-corrected chi connectivity index (χ1v) is 11.8. The maximum absolute atomic E-state index is 13.0. The molecule has 0 aromatic heterocycles. The van der Waals surface area contributed by atoms with Gasteiger partial charge in [0.25, 0.3) is 0 Å². The first kappa shape index (κ1) is 22.9. The summed E-state index contributed by atoms with van der Waals surface area (Å²) < 4.78 is 37.4. The van der Waals surface area contributed by atoms with Crippen molar-refractivity contribution in [2.24, 2.45) is 0 Å². The van der Waals surface area contributed by atoms with Gasteiger partial charge in [-0.1, -0.05) is 0 Å². The first-order chi connectivity index (χ1) is 16.3. The number of carbonyl (C=O) groups is 2. The summed E-state index contributed by atoms with van der Waals surface area (Å²) in [6, 6.07) is 25.5. The van der Waals surface area contributed by atoms with Crippen molar-refractivity contribution in [3.05, 3.63) is 108 Å². The van der Waals surface area contributed by atoms with E-state index in [4.69, 9.17) is 9.47 Å². The quantitative estimate of drug-likeness (QED) is 0.227. The van der Waals surface area contributed by atoms with Gasteiger partial charge in [-0.15, -0.1) is 0 Å². The topological polar surface area (TPSA) is 86.7 Å². The lowest BCUT2D eigenvalue weighted by Gasteiger charge is -2.09. The van der Waals surface area contributed by atoms with E-state index in [2.05, 4.69) is 0 Å². The summed E-state index contributed by atoms with van der Waals surface area (Å²) in [5.74, 6) is 1.98. The summed E-state index contributed by atoms with van der Waals surface area (Å²) in [5.41, 5.74) is 1.12. The van der Waals surface area contributed by atoms with Gasteiger partial charge in [-0.05, 0) is 104 Å². The van der Waals surface area contributed by atoms with Gasteiger partial charge in [0.05, 0.1) is 9.79 Å². The van der Waals surface area contributed by atoms with Crippen LogP contribution in [0.1, 0.15) is 27.6 Å². The van der Waals surface area contributed by atoms with Crippen LogP contribution >= 0.6 is 0 Å². The molecule has 0 atom stereocenters. The van der Waals surface area contributed by atoms with E-state index in [1.165, 1.54) is 31.2 Å². The minimum atomic E-state index is -3.73. The Hall–Kier alpha value is -4.23. The van der Waals surface area contributed by atoms with Crippen molar-refractivity contribution in [2.75, 3.05) is 0 Å². The van der Waals surface area contributed by atoms with Crippen molar-refractivity contribution < 1.29 is 27.5 Å². The molecule has 0 radical (unpaired) electrons. The molecule has 0 N–H and O–H groups in total. The minimum absolute atomic E-state index is 0.0334. The number of rotatable bonds is 8. The van der Waals surface area contributed by atoms with Crippen LogP contribution in [0.25, 0.3) is 0 Å². The highest BCUT2D eigenvalue weighted by Crippen LogP contribution is 2.28. The molecule has 0 saturated heterocycles. The van der Waals surface area contributed by atoms with Gasteiger partial charge in [0.15, 0.2) is 5.78 Å². The van der Waals surface area contributed by atoms with Gasteiger partial charge in [-0.3, -0.25) is 9.59 Å². The van der Waals surface area contributed by atoms with E-state index in [9.17, 15) is 18.0 Å². The van der Waals surface area contributed by atoms with Crippen molar-refractivity contribution in [1.29, 1.82) is 0 Å². The number of ketones is 1. The Morgan fingerprint density at radius 2 is 0.971 bits per heavy atom. The second kappa shape index (κ2) is 9.72. The predicted octanol–water partition coefficient (Wildman–Crippen LogP) is 6.12. The summed E-state index contributed by atoms with van der Waals surface area (Å²) in [5, 5.41) is 0. The third-order valence-corrected chi connectivity index (χ3v) is 6.80. The van der Waals surface area contributed by atoms with Gasteiger partial charge in [-0.2, -0.15) is 0 Å². The Bertz CT molecular complexity index is 1400. The normalized spacial score (nSPS) is 11.0. The zero-order valence-electron chi connectivity index (χ0n) is 18.2. The molecule has 0 aliphatic rings. The lowest BCUT2D eigenvalue weighted by Crippen LogP contribution is -2.01. The molecule has 0 amide bonds. The number of sulfone groups is 1. The van der Waals surface area contributed by atoms with Crippen LogP contribution in [0.4, 0.5) is 0 Å². The number of hydrogen-bond donors (Lipinski definition) is 0. The SMILES string of the molecule is CC(=O)c1ccc(Oc2ccc(S(=O)(=O)c3ccc(Oc4ccc(C=O)cc4)cc3)cc2)cc1. The summed E-state index contributed by atoms with van der Waals surface area (Å²) in [4.78, 5) is 22.4. The molecule has 0 aliphatic carbocycles. The highest BCUT2D eigenvalue weighted by Gasteiger charge is 2.18. The maximum atomic E-state index is 13.0. The van der Waals surface area contributed by atoms with Crippen molar-refractivity contribution in [1.82, 2.24) is 0 Å². The van der Waals surface area contributed by atoms with E-state index in [1.807, 2.05) is 0 Å². The Balaban J connectivity index is 1.45. The molecule has 4 rings (SSSR count). The van der Waals surface area contributed by atoms with Crippen LogP contribution in [-0.4, -0.2) is 20.5 Å². The van der Waals surface area contributed by atoms with Crippen molar-refractivity contribution in [2.45, 2.75) is 16.7 Å². The standard InChI is InChI=1S/C27H20O6S/c1-19(29)21-4-8-23(9-5-21)33-25-12-16-27(17-13-25)34(30,31)26-14-10-24(11-15-26)32-22-6-2-20(18-28)3-7-22/h2-18H,1H3. The van der Waals surface area contributed by atoms with Gasteiger partial charge >= 0.3 is 0 Å². The zero-order chi connectivity index (χ0) is 24.1. The molecule has 0 aliphatic heterocycles. The van der Waals surface area contributed by atoms with Crippen LogP contribution in [0.5, 0.6) is 23.0 Å². The summed E-state index contributed by atoms with van der Waals surface area (Å²) in [6.45, 7) is 1.49. The average molecular weight is 473 g/mol. The first-order valence-electron chi connectivity index (χ1n) is 10.3. The van der Waals surface area contributed by atoms with Crippen LogP contribution < -0.4 is 9.47 Å². The van der Waals surface area contributed by atoms with E-state index in [0.29, 0.717) is 34.1 Å². The van der Waals surface area contributed by atoms with E-state index >= 15 is 0 Å². The van der Waals surface area contributed by atoms with Crippen molar-refractivity contribution in [3.63, 3.8) is 0 Å². The third-order valence-electron chi connectivity index (χ3n) is 5.02. The Kier molecular flexibility index (Phi) is 6.56. The molecule has 0 unspecified atom stereocenters.